The summed E-state index contributed by atoms with van der Waals surface area (Å²) in [5, 5.41) is 2.69. The van der Waals surface area contributed by atoms with Crippen LogP contribution in [0.4, 0.5) is 24.7 Å². The summed E-state index contributed by atoms with van der Waals surface area (Å²) in [5.41, 5.74) is 5.59. The molecule has 0 spiro atoms. The van der Waals surface area contributed by atoms with Crippen LogP contribution in [0.5, 0.6) is 5.88 Å². The number of nitrogens with one attached hydrogen (secondary N) is 1. The Kier molecular flexibility index (Phi) is 4.73. The van der Waals surface area contributed by atoms with Gasteiger partial charge in [0.05, 0.1) is 12.1 Å². The van der Waals surface area contributed by atoms with E-state index in [1.807, 2.05) is 20.8 Å². The van der Waals surface area contributed by atoms with E-state index in [0.717, 1.165) is 0 Å². The van der Waals surface area contributed by atoms with E-state index < -0.39 is 24.2 Å². The lowest BCUT2D eigenvalue weighted by Crippen LogP contribution is -2.26. The summed E-state index contributed by atoms with van der Waals surface area (Å²) >= 11 is 0. The molecule has 3 N–H and O–H groups in total. The number of pyridine rings is 1. The Morgan fingerprint density at radius 1 is 1.30 bits per heavy atom. The van der Waals surface area contributed by atoms with Crippen LogP contribution in [0.1, 0.15) is 34.1 Å². The average Bonchev–Trinajstić information content (AvgIpc) is 2.18. The van der Waals surface area contributed by atoms with Crippen LogP contribution in [-0.4, -0.2) is 22.8 Å². The molecule has 0 saturated carbocycles. The summed E-state index contributed by atoms with van der Waals surface area (Å²) in [6, 6.07) is 2.29. The zero-order chi connectivity index (χ0) is 15.6. The van der Waals surface area contributed by atoms with Crippen LogP contribution in [0, 0.1) is 0 Å². The van der Waals surface area contributed by atoms with Crippen LogP contribution < -0.4 is 15.8 Å². The van der Waals surface area contributed by atoms with Crippen LogP contribution in [0.3, 0.4) is 0 Å². The van der Waals surface area contributed by atoms with Gasteiger partial charge in [0.1, 0.15) is 11.4 Å². The maximum Gasteiger partial charge on any atom is 0.391 e. The zero-order valence-electron chi connectivity index (χ0n) is 12.0. The summed E-state index contributed by atoms with van der Waals surface area (Å²) in [6.07, 6.45) is -5.15. The molecule has 1 heterocycles. The molecule has 1 atom stereocenters. The Labute approximate surface area is 116 Å². The lowest BCUT2D eigenvalue weighted by molar-refractivity contribution is -0.136. The number of nitrogens with zero attached hydrogens (tertiary/aromatic N) is 1. The summed E-state index contributed by atoms with van der Waals surface area (Å²) in [4.78, 5) is 4.10. The van der Waals surface area contributed by atoms with Crippen molar-refractivity contribution in [3.63, 3.8) is 0 Å². The fourth-order valence-electron chi connectivity index (χ4n) is 1.55. The van der Waals surface area contributed by atoms with E-state index >= 15 is 0 Å². The van der Waals surface area contributed by atoms with Gasteiger partial charge in [-0.3, -0.25) is 0 Å². The highest BCUT2D eigenvalue weighted by atomic mass is 19.4. The number of rotatable bonds is 4. The fraction of sp³-hybridized carbons (Fsp3) is 0.615. The van der Waals surface area contributed by atoms with E-state index in [2.05, 4.69) is 10.3 Å². The molecule has 0 saturated heterocycles. The Hall–Kier alpha value is -1.66. The molecule has 0 aliphatic heterocycles. The van der Waals surface area contributed by atoms with Crippen LogP contribution in [0.25, 0.3) is 0 Å². The van der Waals surface area contributed by atoms with E-state index in [9.17, 15) is 13.2 Å². The SMILES string of the molecule is CC(CC(F)(F)F)Nc1ccc(N)c(OC(C)(C)C)n1. The smallest absolute Gasteiger partial charge is 0.391 e. The van der Waals surface area contributed by atoms with E-state index in [-0.39, 0.29) is 5.88 Å². The van der Waals surface area contributed by atoms with Gasteiger partial charge in [-0.1, -0.05) is 0 Å². The van der Waals surface area contributed by atoms with Crippen LogP contribution in [-0.2, 0) is 0 Å². The summed E-state index contributed by atoms with van der Waals surface area (Å²) in [5.74, 6) is 0.511. The zero-order valence-corrected chi connectivity index (χ0v) is 12.0. The average molecular weight is 291 g/mol. The van der Waals surface area contributed by atoms with Crippen LogP contribution in [0.15, 0.2) is 12.1 Å². The number of hydrogen-bond acceptors (Lipinski definition) is 4. The molecular formula is C13H20F3N3O. The lowest BCUT2D eigenvalue weighted by atomic mass is 10.2. The standard InChI is InChI=1S/C13H20F3N3O/c1-8(7-13(14,15)16)18-10-6-5-9(17)11(19-10)20-12(2,3)4/h5-6,8H,7,17H2,1-4H3,(H,18,19). The van der Waals surface area contributed by atoms with Crippen LogP contribution >= 0.6 is 0 Å². The lowest BCUT2D eigenvalue weighted by Gasteiger charge is -2.22. The second kappa shape index (κ2) is 5.76. The molecule has 0 fully saturated rings. The highest BCUT2D eigenvalue weighted by Crippen LogP contribution is 2.27. The van der Waals surface area contributed by atoms with Gasteiger partial charge in [0.2, 0.25) is 5.88 Å². The first-order valence-electron chi connectivity index (χ1n) is 6.25. The first-order valence-corrected chi connectivity index (χ1v) is 6.25. The van der Waals surface area contributed by atoms with E-state index in [1.165, 1.54) is 13.0 Å². The van der Waals surface area contributed by atoms with Gasteiger partial charge in [0.15, 0.2) is 0 Å². The van der Waals surface area contributed by atoms with Gasteiger partial charge in [0.25, 0.3) is 0 Å². The largest absolute Gasteiger partial charge is 0.470 e. The second-order valence-electron chi connectivity index (χ2n) is 5.67. The molecule has 114 valence electrons. The molecule has 0 radical (unpaired) electrons. The van der Waals surface area contributed by atoms with Gasteiger partial charge in [-0.05, 0) is 39.8 Å². The Bertz CT molecular complexity index is 455. The molecular weight excluding hydrogens is 271 g/mol. The second-order valence-corrected chi connectivity index (χ2v) is 5.67. The molecule has 0 aliphatic rings. The van der Waals surface area contributed by atoms with Crippen molar-refractivity contribution in [3.8, 4) is 5.88 Å². The minimum absolute atomic E-state index is 0.210. The number of ether oxygens (including phenoxy) is 1. The minimum Gasteiger partial charge on any atom is -0.470 e. The van der Waals surface area contributed by atoms with Crippen molar-refractivity contribution in [2.75, 3.05) is 11.1 Å². The van der Waals surface area contributed by atoms with E-state index in [0.29, 0.717) is 11.5 Å². The third-order valence-electron chi connectivity index (χ3n) is 2.22. The molecule has 1 aromatic rings. The quantitative estimate of drug-likeness (QED) is 0.890. The predicted molar refractivity (Wildman–Crippen MR) is 72.8 cm³/mol. The third-order valence-corrected chi connectivity index (χ3v) is 2.22. The Morgan fingerprint density at radius 3 is 2.40 bits per heavy atom. The van der Waals surface area contributed by atoms with Crippen molar-refractivity contribution in [2.45, 2.75) is 51.9 Å². The molecule has 0 aliphatic carbocycles. The van der Waals surface area contributed by atoms with Crippen molar-refractivity contribution in [1.82, 2.24) is 4.98 Å². The first-order chi connectivity index (χ1) is 8.96. The molecule has 20 heavy (non-hydrogen) atoms. The normalized spacial score (nSPS) is 13.9. The van der Waals surface area contributed by atoms with Crippen molar-refractivity contribution < 1.29 is 17.9 Å². The summed E-state index contributed by atoms with van der Waals surface area (Å²) in [7, 11) is 0. The van der Waals surface area contributed by atoms with Gasteiger partial charge in [-0.25, -0.2) is 0 Å². The van der Waals surface area contributed by atoms with Crippen molar-refractivity contribution in [3.05, 3.63) is 12.1 Å². The van der Waals surface area contributed by atoms with Gasteiger partial charge < -0.3 is 15.8 Å². The predicted octanol–water partition coefficient (Wildman–Crippen LogP) is 3.59. The number of nitrogen functional groups attached to an aromatic ring is 1. The van der Waals surface area contributed by atoms with Crippen molar-refractivity contribution in [1.29, 1.82) is 0 Å². The summed E-state index contributed by atoms with van der Waals surface area (Å²) in [6.45, 7) is 6.94. The van der Waals surface area contributed by atoms with Crippen molar-refractivity contribution >= 4 is 11.5 Å². The minimum atomic E-state index is -4.22. The highest BCUT2D eigenvalue weighted by molar-refractivity contribution is 5.54. The molecule has 1 aromatic heterocycles. The molecule has 7 heteroatoms. The number of anilines is 2. The number of halogens is 3. The topological polar surface area (TPSA) is 60.2 Å². The number of alkyl halides is 3. The van der Waals surface area contributed by atoms with Gasteiger partial charge in [-0.2, -0.15) is 18.2 Å². The molecule has 0 amide bonds. The molecule has 1 unspecified atom stereocenters. The molecule has 1 rings (SSSR count). The maximum atomic E-state index is 12.3. The number of aromatic nitrogens is 1. The molecule has 4 nitrogen and oxygen atoms in total. The summed E-state index contributed by atoms with van der Waals surface area (Å²) < 4.78 is 42.4. The number of nitrogens with two attached hydrogens (primary N) is 1. The monoisotopic (exact) mass is 291 g/mol. The Morgan fingerprint density at radius 2 is 1.90 bits per heavy atom. The van der Waals surface area contributed by atoms with Gasteiger partial charge >= 0.3 is 6.18 Å². The highest BCUT2D eigenvalue weighted by Gasteiger charge is 2.30. The molecule has 0 bridgehead atoms. The fourth-order valence-corrected chi connectivity index (χ4v) is 1.55. The Balaban J connectivity index is 2.80. The molecule has 0 aromatic carbocycles. The van der Waals surface area contributed by atoms with Gasteiger partial charge in [-0.15, -0.1) is 0 Å². The van der Waals surface area contributed by atoms with E-state index in [4.69, 9.17) is 10.5 Å². The van der Waals surface area contributed by atoms with Crippen LogP contribution in [0.2, 0.25) is 0 Å². The van der Waals surface area contributed by atoms with Gasteiger partial charge in [0, 0.05) is 6.04 Å². The van der Waals surface area contributed by atoms with E-state index in [1.54, 1.807) is 6.07 Å². The number of hydrogen-bond donors (Lipinski definition) is 2. The first kappa shape index (κ1) is 16.4. The van der Waals surface area contributed by atoms with Crippen molar-refractivity contribution in [2.24, 2.45) is 0 Å². The third kappa shape index (κ3) is 5.99. The maximum absolute atomic E-state index is 12.3.